The number of benzene rings is 1. The zero-order chi connectivity index (χ0) is 14.0. The summed E-state index contributed by atoms with van der Waals surface area (Å²) >= 11 is 0. The number of halogens is 1. The average molecular weight is 208 g/mol. The largest absolute Gasteiger partial charge is 0.387 e. The van der Waals surface area contributed by atoms with Crippen LogP contribution in [-0.2, 0) is 0 Å². The summed E-state index contributed by atoms with van der Waals surface area (Å²) in [5.41, 5.74) is 0.357. The second-order valence-corrected chi connectivity index (χ2v) is 2.48. The number of rotatable bonds is 3. The molecule has 0 aromatic heterocycles. The Balaban J connectivity index is 0.00000324. The topological polar surface area (TPSA) is 32.3 Å². The zero-order valence-corrected chi connectivity index (χ0v) is 7.71. The molecule has 0 aliphatic heterocycles. The molecule has 0 aliphatic carbocycles. The minimum Gasteiger partial charge on any atom is -0.387 e. The van der Waals surface area contributed by atoms with E-state index in [0.717, 1.165) is 0 Å². The van der Waals surface area contributed by atoms with E-state index in [2.05, 4.69) is 0 Å². The van der Waals surface area contributed by atoms with Crippen molar-refractivity contribution < 1.29 is 13.3 Å². The Morgan fingerprint density at radius 1 is 1.38 bits per heavy atom. The van der Waals surface area contributed by atoms with E-state index in [1.165, 1.54) is 0 Å². The maximum absolute atomic E-state index is 10.0. The van der Waals surface area contributed by atoms with Crippen LogP contribution in [0.5, 0.6) is 0 Å². The second-order valence-electron chi connectivity index (χ2n) is 2.48. The molecule has 1 aromatic carbocycles. The van der Waals surface area contributed by atoms with E-state index in [9.17, 15) is 5.11 Å². The van der Waals surface area contributed by atoms with E-state index < -0.39 is 26.0 Å². The van der Waals surface area contributed by atoms with E-state index >= 15 is 0 Å². The lowest BCUT2D eigenvalue weighted by molar-refractivity contribution is 0.140. The minimum absolute atomic E-state index is 0. The van der Waals surface area contributed by atoms with Crippen LogP contribution in [0, 0.1) is 0 Å². The highest BCUT2D eigenvalue weighted by Crippen LogP contribution is 2.15. The number of hydrogen-bond donors (Lipinski definition) is 2. The van der Waals surface area contributed by atoms with Crippen LogP contribution in [0.2, 0.25) is 0 Å². The summed E-state index contributed by atoms with van der Waals surface area (Å²) < 4.78 is 43.1. The van der Waals surface area contributed by atoms with Crippen LogP contribution >= 0.6 is 12.4 Å². The lowest BCUT2D eigenvalue weighted by Crippen LogP contribution is -2.28. The van der Waals surface area contributed by atoms with Crippen molar-refractivity contribution in [3.63, 3.8) is 0 Å². The molecule has 13 heavy (non-hydrogen) atoms. The fraction of sp³-hybridized carbons (Fsp3) is 0.400. The van der Waals surface area contributed by atoms with Gasteiger partial charge >= 0.3 is 0 Å². The number of nitrogens with one attached hydrogen (secondary N) is 1. The molecule has 1 aromatic rings. The first-order valence-corrected chi connectivity index (χ1v) is 3.62. The summed E-state index contributed by atoms with van der Waals surface area (Å²) in [4.78, 5) is 0. The van der Waals surface area contributed by atoms with Gasteiger partial charge in [-0.25, -0.2) is 0 Å². The van der Waals surface area contributed by atoms with Crippen molar-refractivity contribution in [1.82, 2.24) is 5.32 Å². The van der Waals surface area contributed by atoms with Gasteiger partial charge in [0.15, 0.2) is 0 Å². The van der Waals surface area contributed by atoms with Crippen molar-refractivity contribution in [2.45, 2.75) is 19.0 Å². The van der Waals surface area contributed by atoms with Gasteiger partial charge < -0.3 is 10.4 Å². The van der Waals surface area contributed by atoms with Gasteiger partial charge in [-0.05, 0) is 19.4 Å². The molecular weight excluding hydrogens is 186 g/mol. The standard InChI is InChI=1S/C10H15NO.ClH/c1-8(11-2)10(12)9-6-4-3-5-7-9;/h3-8,10-12H,1-2H3;1H/t8-,10+;/m0./s1/i1D3,2D3;. The summed E-state index contributed by atoms with van der Waals surface area (Å²) in [6.45, 7) is -5.25. The van der Waals surface area contributed by atoms with Gasteiger partial charge in [-0.1, -0.05) is 30.3 Å². The summed E-state index contributed by atoms with van der Waals surface area (Å²) in [6, 6.07) is 6.55. The van der Waals surface area contributed by atoms with Crippen LogP contribution in [0.4, 0.5) is 0 Å². The Morgan fingerprint density at radius 2 is 2.08 bits per heavy atom. The van der Waals surface area contributed by atoms with Crippen molar-refractivity contribution in [2.75, 3.05) is 6.98 Å². The Labute approximate surface area is 93.8 Å². The van der Waals surface area contributed by atoms with E-state index in [4.69, 9.17) is 8.22 Å². The molecule has 2 N–H and O–H groups in total. The molecule has 0 bridgehead atoms. The van der Waals surface area contributed by atoms with Crippen molar-refractivity contribution in [3.8, 4) is 0 Å². The molecule has 2 atom stereocenters. The molecule has 1 rings (SSSR count). The molecular formula is C10H16ClNO. The van der Waals surface area contributed by atoms with Gasteiger partial charge in [0.1, 0.15) is 0 Å². The van der Waals surface area contributed by atoms with Crippen molar-refractivity contribution in [1.29, 1.82) is 0 Å². The van der Waals surface area contributed by atoms with Gasteiger partial charge in [0.2, 0.25) is 0 Å². The van der Waals surface area contributed by atoms with Crippen LogP contribution in [0.1, 0.15) is 26.7 Å². The Bertz CT molecular complexity index is 380. The summed E-state index contributed by atoms with van der Waals surface area (Å²) in [5.74, 6) is 0. The number of aliphatic hydroxyl groups excluding tert-OH is 1. The predicted octanol–water partition coefficient (Wildman–Crippen LogP) is 1.75. The average Bonchev–Trinajstić information content (AvgIpc) is 2.24. The SMILES string of the molecule is Cl.[2H]C([2H])([2H])N[C@H]([C@@H](O)c1ccccc1)C([2H])([2H])[2H]. The van der Waals surface area contributed by atoms with E-state index in [-0.39, 0.29) is 12.4 Å². The molecule has 0 saturated carbocycles. The highest BCUT2D eigenvalue weighted by Gasteiger charge is 2.12. The lowest BCUT2D eigenvalue weighted by atomic mass is 10.0. The maximum atomic E-state index is 10.0. The summed E-state index contributed by atoms with van der Waals surface area (Å²) in [7, 11) is 0. The van der Waals surface area contributed by atoms with Crippen LogP contribution in [-0.4, -0.2) is 18.1 Å². The Morgan fingerprint density at radius 3 is 2.62 bits per heavy atom. The van der Waals surface area contributed by atoms with Crippen molar-refractivity contribution >= 4 is 12.4 Å². The number of hydrogen-bond acceptors (Lipinski definition) is 2. The van der Waals surface area contributed by atoms with Gasteiger partial charge in [0.05, 0.1) is 6.10 Å². The predicted molar refractivity (Wildman–Crippen MR) is 57.2 cm³/mol. The monoisotopic (exact) mass is 207 g/mol. The first-order chi connectivity index (χ1) is 8.11. The third kappa shape index (κ3) is 3.35. The van der Waals surface area contributed by atoms with E-state index in [1.54, 1.807) is 30.3 Å². The van der Waals surface area contributed by atoms with Gasteiger partial charge in [0, 0.05) is 14.3 Å². The normalized spacial score (nSPS) is 23.2. The first-order valence-electron chi connectivity index (χ1n) is 6.62. The Kier molecular flexibility index (Phi) is 2.46. The molecule has 0 spiro atoms. The highest BCUT2D eigenvalue weighted by molar-refractivity contribution is 5.85. The fourth-order valence-corrected chi connectivity index (χ4v) is 0.922. The van der Waals surface area contributed by atoms with E-state index in [0.29, 0.717) is 5.56 Å². The molecule has 0 unspecified atom stereocenters. The molecule has 0 amide bonds. The maximum Gasteiger partial charge on any atom is 0.0940 e. The van der Waals surface area contributed by atoms with Crippen LogP contribution in [0.25, 0.3) is 0 Å². The molecule has 0 saturated heterocycles. The Hall–Kier alpha value is -0.570. The quantitative estimate of drug-likeness (QED) is 0.792. The lowest BCUT2D eigenvalue weighted by Gasteiger charge is -2.17. The third-order valence-corrected chi connectivity index (χ3v) is 1.61. The van der Waals surface area contributed by atoms with Crippen LogP contribution in [0.3, 0.4) is 0 Å². The molecule has 0 aliphatic rings. The molecule has 2 nitrogen and oxygen atoms in total. The number of aliphatic hydroxyl groups is 1. The van der Waals surface area contributed by atoms with Gasteiger partial charge in [-0.2, -0.15) is 0 Å². The highest BCUT2D eigenvalue weighted by atomic mass is 35.5. The molecule has 0 fully saturated rings. The van der Waals surface area contributed by atoms with Crippen LogP contribution < -0.4 is 5.32 Å². The molecule has 0 heterocycles. The molecule has 0 radical (unpaired) electrons. The third-order valence-electron chi connectivity index (χ3n) is 1.61. The van der Waals surface area contributed by atoms with Crippen LogP contribution in [0.15, 0.2) is 30.3 Å². The second kappa shape index (κ2) is 5.97. The van der Waals surface area contributed by atoms with Gasteiger partial charge in [0.25, 0.3) is 0 Å². The van der Waals surface area contributed by atoms with Gasteiger partial charge in [-0.3, -0.25) is 0 Å². The molecule has 74 valence electrons. The summed E-state index contributed by atoms with van der Waals surface area (Å²) in [6.07, 6.45) is -1.42. The van der Waals surface area contributed by atoms with Gasteiger partial charge in [-0.15, -0.1) is 12.4 Å². The smallest absolute Gasteiger partial charge is 0.0940 e. The first kappa shape index (κ1) is 5.35. The van der Waals surface area contributed by atoms with E-state index in [1.807, 2.05) is 5.32 Å². The van der Waals surface area contributed by atoms with Crippen molar-refractivity contribution in [2.24, 2.45) is 0 Å². The fourth-order valence-electron chi connectivity index (χ4n) is 0.922. The molecule has 3 heteroatoms. The summed E-state index contributed by atoms with van der Waals surface area (Å²) in [5, 5.41) is 12.0. The zero-order valence-electron chi connectivity index (χ0n) is 12.9. The minimum atomic E-state index is -2.63. The number of likely N-dealkylation sites (N-methyl/N-ethyl adjacent to an activating group) is 1. The van der Waals surface area contributed by atoms with Crippen molar-refractivity contribution in [3.05, 3.63) is 35.9 Å².